The standard InChI is InChI=1S/C13H21N5OS/c1-6-8-10-11(15-16-12(10)18(5)17-8)14-9(19)7-20-13(2,3)4/h6-7H2,1-5H3,(H2,14,15,16,19). The third-order valence-electron chi connectivity index (χ3n) is 2.85. The molecule has 0 aromatic carbocycles. The molecule has 0 radical (unpaired) electrons. The number of H-pyrrole nitrogens is 1. The Morgan fingerprint density at radius 1 is 1.45 bits per heavy atom. The molecule has 0 saturated heterocycles. The van der Waals surface area contributed by atoms with Gasteiger partial charge in [0.1, 0.15) is 5.82 Å². The van der Waals surface area contributed by atoms with Crippen molar-refractivity contribution < 1.29 is 4.79 Å². The second-order valence-electron chi connectivity index (χ2n) is 5.67. The van der Waals surface area contributed by atoms with E-state index in [1.807, 2.05) is 14.0 Å². The molecule has 0 atom stereocenters. The molecule has 0 aliphatic heterocycles. The monoisotopic (exact) mass is 295 g/mol. The Hall–Kier alpha value is -1.50. The van der Waals surface area contributed by atoms with E-state index in [9.17, 15) is 4.79 Å². The highest BCUT2D eigenvalue weighted by Gasteiger charge is 2.18. The summed E-state index contributed by atoms with van der Waals surface area (Å²) in [6, 6.07) is 0. The lowest BCUT2D eigenvalue weighted by atomic mass is 10.2. The summed E-state index contributed by atoms with van der Waals surface area (Å²) >= 11 is 1.62. The van der Waals surface area contributed by atoms with Gasteiger partial charge in [-0.15, -0.1) is 11.8 Å². The average Bonchev–Trinajstić information content (AvgIpc) is 2.89. The van der Waals surface area contributed by atoms with Gasteiger partial charge < -0.3 is 5.32 Å². The third-order valence-corrected chi connectivity index (χ3v) is 4.12. The van der Waals surface area contributed by atoms with Gasteiger partial charge in [0.15, 0.2) is 5.65 Å². The summed E-state index contributed by atoms with van der Waals surface area (Å²) in [5.74, 6) is 1.04. The highest BCUT2D eigenvalue weighted by molar-refractivity contribution is 8.01. The molecule has 0 bridgehead atoms. The first-order valence-corrected chi connectivity index (χ1v) is 7.64. The SMILES string of the molecule is CCc1nn(C)c2n[nH]c(NC(=O)CSC(C)(C)C)c12. The van der Waals surface area contributed by atoms with Gasteiger partial charge in [-0.1, -0.05) is 27.7 Å². The minimum atomic E-state index is -0.0265. The van der Waals surface area contributed by atoms with Crippen molar-refractivity contribution in [1.82, 2.24) is 20.0 Å². The minimum Gasteiger partial charge on any atom is -0.310 e. The van der Waals surface area contributed by atoms with E-state index >= 15 is 0 Å². The summed E-state index contributed by atoms with van der Waals surface area (Å²) in [6.45, 7) is 8.32. The van der Waals surface area contributed by atoms with Crippen molar-refractivity contribution in [2.24, 2.45) is 7.05 Å². The van der Waals surface area contributed by atoms with Crippen LogP contribution in [0.3, 0.4) is 0 Å². The average molecular weight is 295 g/mol. The van der Waals surface area contributed by atoms with Gasteiger partial charge in [-0.25, -0.2) is 4.68 Å². The molecule has 6 nitrogen and oxygen atoms in total. The predicted molar refractivity (Wildman–Crippen MR) is 83.1 cm³/mol. The van der Waals surface area contributed by atoms with Crippen molar-refractivity contribution in [1.29, 1.82) is 0 Å². The van der Waals surface area contributed by atoms with Gasteiger partial charge in [-0.3, -0.25) is 9.89 Å². The van der Waals surface area contributed by atoms with Gasteiger partial charge in [-0.2, -0.15) is 10.2 Å². The summed E-state index contributed by atoms with van der Waals surface area (Å²) in [6.07, 6.45) is 0.802. The van der Waals surface area contributed by atoms with Crippen molar-refractivity contribution in [3.05, 3.63) is 5.69 Å². The molecular weight excluding hydrogens is 274 g/mol. The van der Waals surface area contributed by atoms with E-state index in [-0.39, 0.29) is 10.7 Å². The summed E-state index contributed by atoms with van der Waals surface area (Å²) in [5, 5.41) is 15.3. The van der Waals surface area contributed by atoms with E-state index in [0.29, 0.717) is 11.6 Å². The number of anilines is 1. The molecular formula is C13H21N5OS. The number of thioether (sulfide) groups is 1. The number of nitrogens with zero attached hydrogens (tertiary/aromatic N) is 3. The minimum absolute atomic E-state index is 0.0265. The molecule has 0 aliphatic rings. The lowest BCUT2D eigenvalue weighted by Gasteiger charge is -2.16. The zero-order chi connectivity index (χ0) is 14.9. The van der Waals surface area contributed by atoms with Crippen molar-refractivity contribution in [3.63, 3.8) is 0 Å². The van der Waals surface area contributed by atoms with E-state index in [0.717, 1.165) is 23.1 Å². The lowest BCUT2D eigenvalue weighted by molar-refractivity contribution is -0.113. The van der Waals surface area contributed by atoms with Gasteiger partial charge in [0.05, 0.1) is 16.8 Å². The second kappa shape index (κ2) is 5.47. The number of amides is 1. The van der Waals surface area contributed by atoms with Crippen molar-refractivity contribution >= 4 is 34.5 Å². The number of aromatic amines is 1. The van der Waals surface area contributed by atoms with Crippen molar-refractivity contribution in [3.8, 4) is 0 Å². The molecule has 2 aromatic rings. The Morgan fingerprint density at radius 3 is 2.75 bits per heavy atom. The fourth-order valence-corrected chi connectivity index (χ4v) is 2.55. The maximum Gasteiger partial charge on any atom is 0.235 e. The molecule has 2 heterocycles. The molecule has 0 unspecified atom stereocenters. The number of nitrogens with one attached hydrogen (secondary N) is 2. The molecule has 0 saturated carbocycles. The van der Waals surface area contributed by atoms with E-state index < -0.39 is 0 Å². The van der Waals surface area contributed by atoms with Crippen molar-refractivity contribution in [2.45, 2.75) is 38.9 Å². The van der Waals surface area contributed by atoms with Crippen LogP contribution in [0, 0.1) is 0 Å². The third kappa shape index (κ3) is 3.15. The first kappa shape index (κ1) is 14.9. The van der Waals surface area contributed by atoms with Gasteiger partial charge in [0.25, 0.3) is 0 Å². The maximum absolute atomic E-state index is 12.0. The Kier molecular flexibility index (Phi) is 4.08. The second-order valence-corrected chi connectivity index (χ2v) is 7.47. The van der Waals surface area contributed by atoms with Gasteiger partial charge in [0, 0.05) is 11.8 Å². The highest BCUT2D eigenvalue weighted by atomic mass is 32.2. The Morgan fingerprint density at radius 2 is 2.15 bits per heavy atom. The molecule has 2 aromatic heterocycles. The molecule has 110 valence electrons. The normalized spacial score (nSPS) is 12.1. The molecule has 0 spiro atoms. The first-order chi connectivity index (χ1) is 9.31. The number of hydrogen-bond donors (Lipinski definition) is 2. The molecule has 2 rings (SSSR count). The molecule has 0 aliphatic carbocycles. The zero-order valence-corrected chi connectivity index (χ0v) is 13.4. The number of rotatable bonds is 4. The maximum atomic E-state index is 12.0. The van der Waals surface area contributed by atoms with Gasteiger partial charge in [-0.05, 0) is 6.42 Å². The van der Waals surface area contributed by atoms with Gasteiger partial charge in [0.2, 0.25) is 5.91 Å². The van der Waals surface area contributed by atoms with E-state index in [1.165, 1.54) is 0 Å². The summed E-state index contributed by atoms with van der Waals surface area (Å²) in [5.41, 5.74) is 1.70. The molecule has 0 fully saturated rings. The lowest BCUT2D eigenvalue weighted by Crippen LogP contribution is -2.19. The molecule has 20 heavy (non-hydrogen) atoms. The number of fused-ring (bicyclic) bond motifs is 1. The fourth-order valence-electron chi connectivity index (χ4n) is 1.91. The zero-order valence-electron chi connectivity index (χ0n) is 12.6. The summed E-state index contributed by atoms with van der Waals surface area (Å²) < 4.78 is 1.80. The fraction of sp³-hybridized carbons (Fsp3) is 0.615. The van der Waals surface area contributed by atoms with Crippen LogP contribution in [0.15, 0.2) is 0 Å². The van der Waals surface area contributed by atoms with Crippen LogP contribution in [-0.2, 0) is 18.3 Å². The topological polar surface area (TPSA) is 75.6 Å². The van der Waals surface area contributed by atoms with Crippen LogP contribution >= 0.6 is 11.8 Å². The molecule has 2 N–H and O–H groups in total. The van der Waals surface area contributed by atoms with E-state index in [4.69, 9.17) is 0 Å². The van der Waals surface area contributed by atoms with E-state index in [2.05, 4.69) is 41.4 Å². The highest BCUT2D eigenvalue weighted by Crippen LogP contribution is 2.26. The number of hydrogen-bond acceptors (Lipinski definition) is 4. The van der Waals surface area contributed by atoms with Crippen LogP contribution in [0.2, 0.25) is 0 Å². The van der Waals surface area contributed by atoms with Crippen LogP contribution in [0.4, 0.5) is 5.82 Å². The van der Waals surface area contributed by atoms with Crippen LogP contribution < -0.4 is 5.32 Å². The smallest absolute Gasteiger partial charge is 0.235 e. The van der Waals surface area contributed by atoms with Gasteiger partial charge >= 0.3 is 0 Å². The van der Waals surface area contributed by atoms with Crippen LogP contribution in [0.25, 0.3) is 11.0 Å². The van der Waals surface area contributed by atoms with Crippen LogP contribution in [0.1, 0.15) is 33.4 Å². The Bertz CT molecular complexity index is 623. The number of carbonyl (C=O) groups is 1. The Balaban J connectivity index is 2.16. The van der Waals surface area contributed by atoms with E-state index in [1.54, 1.807) is 16.4 Å². The van der Waals surface area contributed by atoms with Crippen LogP contribution in [-0.4, -0.2) is 36.4 Å². The summed E-state index contributed by atoms with van der Waals surface area (Å²) in [4.78, 5) is 12.0. The summed E-state index contributed by atoms with van der Waals surface area (Å²) in [7, 11) is 1.85. The van der Waals surface area contributed by atoms with Crippen molar-refractivity contribution in [2.75, 3.05) is 11.1 Å². The predicted octanol–water partition coefficient (Wildman–Crippen LogP) is 2.33. The number of carbonyl (C=O) groups excluding carboxylic acids is 1. The molecule has 7 heteroatoms. The quantitative estimate of drug-likeness (QED) is 0.907. The van der Waals surface area contributed by atoms with Crippen LogP contribution in [0.5, 0.6) is 0 Å². The number of aromatic nitrogens is 4. The molecule has 1 amide bonds. The number of aryl methyl sites for hydroxylation is 2. The first-order valence-electron chi connectivity index (χ1n) is 6.65. The Labute approximate surface area is 122 Å². The largest absolute Gasteiger partial charge is 0.310 e.